The number of ketones is 1. The van der Waals surface area contributed by atoms with Gasteiger partial charge in [0.1, 0.15) is 18.3 Å². The van der Waals surface area contributed by atoms with Crippen molar-refractivity contribution in [1.82, 2.24) is 5.32 Å². The Bertz CT molecular complexity index is 2350. The van der Waals surface area contributed by atoms with Gasteiger partial charge in [-0.25, -0.2) is 15.0 Å². The maximum absolute atomic E-state index is 13.6. The zero-order chi connectivity index (χ0) is 47.3. The monoisotopic (exact) mass is 887 g/mol. The summed E-state index contributed by atoms with van der Waals surface area (Å²) in [5, 5.41) is 15.6. The second kappa shape index (κ2) is 21.5. The largest absolute Gasteiger partial charge is 0.510 e. The van der Waals surface area contributed by atoms with Crippen molar-refractivity contribution >= 4 is 34.9 Å². The van der Waals surface area contributed by atoms with Crippen LogP contribution in [0.1, 0.15) is 153 Å². The number of nitrogens with zero attached hydrogens (tertiary/aromatic N) is 3. The summed E-state index contributed by atoms with van der Waals surface area (Å²) in [5.74, 6) is -0.366. The molecule has 6 aliphatic rings. The Balaban J connectivity index is 1.21. The van der Waals surface area contributed by atoms with E-state index in [1.54, 1.807) is 6.92 Å². The summed E-state index contributed by atoms with van der Waals surface area (Å²) in [4.78, 5) is 55.5. The summed E-state index contributed by atoms with van der Waals surface area (Å²) < 4.78 is 11.1. The summed E-state index contributed by atoms with van der Waals surface area (Å²) in [6.07, 6.45) is 20.3. The van der Waals surface area contributed by atoms with E-state index in [9.17, 15) is 19.5 Å². The van der Waals surface area contributed by atoms with E-state index in [1.807, 2.05) is 45.1 Å². The first-order chi connectivity index (χ1) is 30.9. The van der Waals surface area contributed by atoms with Gasteiger partial charge in [0.05, 0.1) is 41.3 Å². The van der Waals surface area contributed by atoms with Gasteiger partial charge in [0.25, 0.3) is 0 Å². The van der Waals surface area contributed by atoms with Gasteiger partial charge in [0.2, 0.25) is 0 Å². The number of carbonyl (C=O) groups excluding carboxylic acids is 3. The van der Waals surface area contributed by atoms with Crippen LogP contribution in [0.25, 0.3) is 0 Å². The number of aliphatic hydroxyl groups is 1. The van der Waals surface area contributed by atoms with Gasteiger partial charge in [-0.3, -0.25) is 14.4 Å². The molecule has 0 radical (unpaired) electrons. The first-order valence-corrected chi connectivity index (χ1v) is 24.3. The van der Waals surface area contributed by atoms with E-state index >= 15 is 0 Å². The van der Waals surface area contributed by atoms with Crippen LogP contribution in [0.5, 0.6) is 0 Å². The van der Waals surface area contributed by atoms with E-state index in [-0.39, 0.29) is 42.4 Å². The summed E-state index contributed by atoms with van der Waals surface area (Å²) in [5.41, 5.74) is 11.7. The molecule has 5 aliphatic heterocycles. The fourth-order valence-electron chi connectivity index (χ4n) is 10.4. The molecule has 1 aliphatic carbocycles. The minimum atomic E-state index is -1.11. The fraction of sp³-hybridized carbons (Fsp3) is 0.564. The van der Waals surface area contributed by atoms with Gasteiger partial charge in [0.15, 0.2) is 5.78 Å². The number of fused-ring (bicyclic) bond motifs is 5. The molecule has 0 aromatic heterocycles. The lowest BCUT2D eigenvalue weighted by atomic mass is 9.84. The quantitative estimate of drug-likeness (QED) is 0.0916. The normalized spacial score (nSPS) is 22.6. The average molecular weight is 887 g/mol. The molecule has 5 heterocycles. The first kappa shape index (κ1) is 49.3. The molecule has 5 atom stereocenters. The van der Waals surface area contributed by atoms with Crippen molar-refractivity contribution in [2.75, 3.05) is 13.7 Å². The summed E-state index contributed by atoms with van der Waals surface area (Å²) in [6, 6.07) is 0. The molecule has 10 heteroatoms. The smallest absolute Gasteiger partial charge is 0.321 e. The minimum absolute atomic E-state index is 0.0883. The molecule has 65 heavy (non-hydrogen) atoms. The number of methoxy groups -OCH3 is 1. The van der Waals surface area contributed by atoms with E-state index in [4.69, 9.17) is 24.5 Å². The molecule has 350 valence electrons. The van der Waals surface area contributed by atoms with Gasteiger partial charge in [-0.1, -0.05) is 92.1 Å². The lowest BCUT2D eigenvalue weighted by Crippen LogP contribution is -2.25. The van der Waals surface area contributed by atoms with Crippen LogP contribution < -0.4 is 5.32 Å². The third-order valence-corrected chi connectivity index (χ3v) is 14.4. The third kappa shape index (κ3) is 11.0. The van der Waals surface area contributed by atoms with Gasteiger partial charge in [-0.2, -0.15) is 0 Å². The molecule has 10 nitrogen and oxygen atoms in total. The molecule has 0 aromatic carbocycles. The molecule has 1 saturated heterocycles. The maximum atomic E-state index is 13.6. The lowest BCUT2D eigenvalue weighted by Gasteiger charge is -2.20. The summed E-state index contributed by atoms with van der Waals surface area (Å²) in [7, 11) is 1.32. The van der Waals surface area contributed by atoms with Crippen LogP contribution in [0.3, 0.4) is 0 Å². The van der Waals surface area contributed by atoms with Crippen LogP contribution >= 0.6 is 0 Å². The molecule has 0 aromatic rings. The number of carbonyl (C=O) groups is 3. The topological polar surface area (TPSA) is 139 Å². The Hall–Kier alpha value is -5.12. The second-order valence-corrected chi connectivity index (χ2v) is 19.8. The number of aliphatic hydroxyl groups excluding tert-OH is 1. The lowest BCUT2D eigenvalue weighted by molar-refractivity contribution is -0.144. The Morgan fingerprint density at radius 2 is 1.48 bits per heavy atom. The Morgan fingerprint density at radius 1 is 0.831 bits per heavy atom. The number of rotatable bonds is 20. The van der Waals surface area contributed by atoms with Gasteiger partial charge < -0.3 is 19.9 Å². The SMILES string of the molecule is CCC1=C(C)C2=NC1=CC1=C(C)C3=C(O)[C@H](C(=O)OC)C(=C4NC(=CC5=NC(=C2)C(C(C)=O)=C5C)[C@@H](C)[C@@H]4CCC(=O)OC/C=C(\C)CCC[C@H](C)CCC[C@H](C)CCCC(C)C)C3=N1. The van der Waals surface area contributed by atoms with Crippen LogP contribution in [0.15, 0.2) is 118 Å². The van der Waals surface area contributed by atoms with E-state index in [0.29, 0.717) is 57.6 Å². The number of esters is 2. The summed E-state index contributed by atoms with van der Waals surface area (Å²) >= 11 is 0. The highest BCUT2D eigenvalue weighted by Crippen LogP contribution is 2.49. The highest BCUT2D eigenvalue weighted by atomic mass is 16.5. The van der Waals surface area contributed by atoms with Crippen molar-refractivity contribution in [1.29, 1.82) is 0 Å². The number of allylic oxidation sites excluding steroid dienone is 12. The van der Waals surface area contributed by atoms with Crippen molar-refractivity contribution in [3.05, 3.63) is 103 Å². The standard InChI is InChI=1S/C55H74N4O6/c1-13-39-34(7)41-29-46-48(38(11)60)36(9)43(57-46)27-42-35(8)40(52(58-42)50-51(55(63)64-12)54(62)49-37(10)44(59-53(49)50)28-45(39)56-41)23-24-47(61)65-26-25-33(6)22-16-21-32(5)20-15-19-31(4)18-14-17-30(2)3/h25,27-32,35,40,51,58,62H,13-24,26H2,1-12H3/b33-25+,42-27?,45-28?,46-29?,52-50?/t31-,32-,35+,40+,51-/m1/s1. The number of ether oxygens (including phenoxy) is 2. The average Bonchev–Trinajstić information content (AvgIpc) is 4.00. The van der Waals surface area contributed by atoms with Crippen LogP contribution in [0, 0.1) is 35.5 Å². The number of hydrogen-bond donors (Lipinski definition) is 2. The molecule has 2 N–H and O–H groups in total. The van der Waals surface area contributed by atoms with Gasteiger partial charge in [-0.15, -0.1) is 0 Å². The number of hydrogen-bond acceptors (Lipinski definition) is 10. The number of aliphatic imine (C=N–C) groups is 3. The predicted octanol–water partition coefficient (Wildman–Crippen LogP) is 12.4. The highest BCUT2D eigenvalue weighted by molar-refractivity contribution is 6.24. The number of nitrogens with one attached hydrogen (secondary N) is 1. The molecule has 1 fully saturated rings. The van der Waals surface area contributed by atoms with E-state index < -0.39 is 11.9 Å². The molecule has 0 unspecified atom stereocenters. The highest BCUT2D eigenvalue weighted by Gasteiger charge is 2.49. The molecule has 0 saturated carbocycles. The Kier molecular flexibility index (Phi) is 16.3. The fourth-order valence-corrected chi connectivity index (χ4v) is 10.4. The van der Waals surface area contributed by atoms with Gasteiger partial charge in [-0.05, 0) is 125 Å². The van der Waals surface area contributed by atoms with Crippen LogP contribution in [-0.4, -0.2) is 53.7 Å². The van der Waals surface area contributed by atoms with Gasteiger partial charge >= 0.3 is 11.9 Å². The molecule has 6 rings (SSSR count). The zero-order valence-corrected chi connectivity index (χ0v) is 41.3. The first-order valence-electron chi connectivity index (χ1n) is 24.3. The van der Waals surface area contributed by atoms with Gasteiger partial charge in [0, 0.05) is 46.4 Å². The predicted molar refractivity (Wildman–Crippen MR) is 262 cm³/mol. The van der Waals surface area contributed by atoms with Crippen molar-refractivity contribution in [3.63, 3.8) is 0 Å². The maximum Gasteiger partial charge on any atom is 0.321 e. The Morgan fingerprint density at radius 3 is 2.12 bits per heavy atom. The van der Waals surface area contributed by atoms with Crippen LogP contribution in [-0.2, 0) is 23.9 Å². The van der Waals surface area contributed by atoms with Crippen molar-refractivity contribution in [2.45, 2.75) is 153 Å². The van der Waals surface area contributed by atoms with Crippen molar-refractivity contribution < 1.29 is 29.0 Å². The van der Waals surface area contributed by atoms with E-state index in [2.05, 4.69) is 53.8 Å². The molecule has 8 bridgehead atoms. The second-order valence-electron chi connectivity index (χ2n) is 19.8. The molecule has 0 amide bonds. The number of Topliss-reactive ketones (excluding diaryl/α,β-unsaturated/α-hetero) is 1. The van der Waals surface area contributed by atoms with E-state index in [1.165, 1.54) is 57.6 Å². The van der Waals surface area contributed by atoms with Crippen LogP contribution in [0.4, 0.5) is 0 Å². The van der Waals surface area contributed by atoms with Crippen molar-refractivity contribution in [2.24, 2.45) is 50.5 Å². The Labute approximate surface area is 388 Å². The molecule has 0 spiro atoms. The zero-order valence-electron chi connectivity index (χ0n) is 41.3. The van der Waals surface area contributed by atoms with E-state index in [0.717, 1.165) is 70.5 Å². The summed E-state index contributed by atoms with van der Waals surface area (Å²) in [6.45, 7) is 23.3. The minimum Gasteiger partial charge on any atom is -0.510 e. The molecular formula is C55H74N4O6. The van der Waals surface area contributed by atoms with Crippen molar-refractivity contribution in [3.8, 4) is 0 Å². The van der Waals surface area contributed by atoms with Crippen LogP contribution in [0.2, 0.25) is 0 Å². The molecular weight excluding hydrogens is 813 g/mol. The third-order valence-electron chi connectivity index (χ3n) is 14.4.